The average Bonchev–Trinajstić information content (AvgIpc) is 2.90. The van der Waals surface area contributed by atoms with E-state index in [1.807, 2.05) is 30.3 Å². The van der Waals surface area contributed by atoms with Crippen LogP contribution in [0.1, 0.15) is 33.5 Å². The van der Waals surface area contributed by atoms with Gasteiger partial charge in [0.15, 0.2) is 11.4 Å². The molecule has 5 rings (SSSR count). The number of nitrogens with zero attached hydrogens (tertiary/aromatic N) is 2. The number of primary amides is 1. The van der Waals surface area contributed by atoms with Crippen molar-refractivity contribution >= 4 is 23.2 Å². The van der Waals surface area contributed by atoms with Crippen LogP contribution in [0.15, 0.2) is 59.1 Å². The second kappa shape index (κ2) is 9.80. The number of carbonyl (C=O) groups is 3. The van der Waals surface area contributed by atoms with Gasteiger partial charge < -0.3 is 31.1 Å². The summed E-state index contributed by atoms with van der Waals surface area (Å²) in [5, 5.41) is 45.5. The van der Waals surface area contributed by atoms with Crippen LogP contribution in [0.25, 0.3) is 0 Å². The van der Waals surface area contributed by atoms with Crippen LogP contribution < -0.4 is 10.6 Å². The van der Waals surface area contributed by atoms with Gasteiger partial charge >= 0.3 is 0 Å². The number of likely N-dealkylation sites (N-methyl/N-ethyl adjacent to an activating group) is 1. The zero-order chi connectivity index (χ0) is 30.0. The smallest absolute Gasteiger partial charge is 0.255 e. The molecule has 212 valence electrons. The van der Waals surface area contributed by atoms with E-state index in [4.69, 9.17) is 5.73 Å². The molecule has 6 N–H and O–H groups in total. The summed E-state index contributed by atoms with van der Waals surface area (Å²) in [5.41, 5.74) is 3.66. The first kappa shape index (κ1) is 28.0. The van der Waals surface area contributed by atoms with E-state index < -0.39 is 58.0 Å². The second-order valence-electron chi connectivity index (χ2n) is 11.1. The van der Waals surface area contributed by atoms with E-state index in [9.17, 15) is 34.8 Å². The Bertz CT molecular complexity index is 1630. The zero-order valence-electron chi connectivity index (χ0n) is 23.1. The predicted octanol–water partition coefficient (Wildman–Crippen LogP) is 1.59. The number of ketones is 2. The molecule has 0 aliphatic heterocycles. The molecule has 0 fully saturated rings. The first-order valence-corrected chi connectivity index (χ1v) is 13.1. The standard InChI is InChI=1S/C31H31N3O7/c1-33(2)20-14-16(11-10-15-8-6-5-7-9-15)25(35)22-18(20)12-17-13-19-24(34(3)4)27(37)23(30(32)40)29(39)31(19,41)28(38)21(17)26(22)36/h5-9,14,17,19,24,35,37-38,41H,12-13H2,1-4H3,(H2,32,40)/t17-,19-,24-,31-/m0/s1. The number of carbonyl (C=O) groups excluding carboxylic acids is 3. The third kappa shape index (κ3) is 4.08. The van der Waals surface area contributed by atoms with Crippen molar-refractivity contribution in [2.45, 2.75) is 24.5 Å². The Morgan fingerprint density at radius 2 is 1.71 bits per heavy atom. The number of phenolic OH excluding ortho intramolecular Hbond substituents is 1. The molecule has 2 aromatic carbocycles. The number of aromatic hydroxyl groups is 1. The molecule has 3 aliphatic carbocycles. The van der Waals surface area contributed by atoms with Crippen molar-refractivity contribution in [1.82, 2.24) is 4.90 Å². The van der Waals surface area contributed by atoms with E-state index in [1.54, 1.807) is 39.2 Å². The molecule has 10 heteroatoms. The molecule has 0 spiro atoms. The monoisotopic (exact) mass is 557 g/mol. The molecule has 1 amide bonds. The lowest BCUT2D eigenvalue weighted by molar-refractivity contribution is -0.148. The van der Waals surface area contributed by atoms with Gasteiger partial charge in [-0.1, -0.05) is 30.0 Å². The minimum Gasteiger partial charge on any atom is -0.510 e. The zero-order valence-corrected chi connectivity index (χ0v) is 23.1. The van der Waals surface area contributed by atoms with E-state index in [2.05, 4.69) is 11.8 Å². The van der Waals surface area contributed by atoms with Gasteiger partial charge in [0.2, 0.25) is 5.78 Å². The Kier molecular flexibility index (Phi) is 6.68. The molecule has 0 radical (unpaired) electrons. The van der Waals surface area contributed by atoms with Crippen molar-refractivity contribution < 1.29 is 34.8 Å². The van der Waals surface area contributed by atoms with Gasteiger partial charge in [0.1, 0.15) is 22.8 Å². The number of anilines is 1. The highest BCUT2D eigenvalue weighted by atomic mass is 16.3. The normalized spacial score (nSPS) is 25.3. The van der Waals surface area contributed by atoms with Gasteiger partial charge in [0.05, 0.1) is 17.2 Å². The molecule has 0 saturated heterocycles. The molecule has 2 aromatic rings. The Morgan fingerprint density at radius 3 is 2.29 bits per heavy atom. The second-order valence-corrected chi connectivity index (χ2v) is 11.1. The highest BCUT2D eigenvalue weighted by molar-refractivity contribution is 6.25. The van der Waals surface area contributed by atoms with E-state index >= 15 is 0 Å². The molecule has 0 heterocycles. The molecule has 4 atom stereocenters. The summed E-state index contributed by atoms with van der Waals surface area (Å²) in [4.78, 5) is 43.0. The lowest BCUT2D eigenvalue weighted by Crippen LogP contribution is -2.63. The maximum atomic E-state index is 14.1. The Hall–Kier alpha value is -4.59. The van der Waals surface area contributed by atoms with Gasteiger partial charge in [-0.05, 0) is 56.6 Å². The van der Waals surface area contributed by atoms with Gasteiger partial charge in [-0.3, -0.25) is 19.3 Å². The number of nitrogens with two attached hydrogens (primary N) is 1. The third-order valence-corrected chi connectivity index (χ3v) is 8.30. The van der Waals surface area contributed by atoms with Gasteiger partial charge in [0, 0.05) is 36.8 Å². The number of rotatable bonds is 3. The first-order valence-electron chi connectivity index (χ1n) is 13.1. The first-order chi connectivity index (χ1) is 19.3. The average molecular weight is 558 g/mol. The number of hydrogen-bond donors (Lipinski definition) is 5. The van der Waals surface area contributed by atoms with Crippen LogP contribution in [0.3, 0.4) is 0 Å². The molecule has 0 unspecified atom stereocenters. The van der Waals surface area contributed by atoms with E-state index in [-0.39, 0.29) is 35.3 Å². The Labute approximate surface area is 237 Å². The fraction of sp³-hybridized carbons (Fsp3) is 0.323. The van der Waals surface area contributed by atoms with Crippen LogP contribution in [-0.4, -0.2) is 82.6 Å². The molecule has 0 bridgehead atoms. The van der Waals surface area contributed by atoms with Crippen molar-refractivity contribution in [3.8, 4) is 17.6 Å². The molecule has 0 aromatic heterocycles. The van der Waals surface area contributed by atoms with Crippen LogP contribution in [0, 0.1) is 23.7 Å². The maximum absolute atomic E-state index is 14.1. The number of aliphatic hydroxyl groups excluding tert-OH is 2. The number of fused-ring (bicyclic) bond motifs is 3. The van der Waals surface area contributed by atoms with Crippen molar-refractivity contribution in [2.75, 3.05) is 33.1 Å². The van der Waals surface area contributed by atoms with E-state index in [0.717, 1.165) is 0 Å². The summed E-state index contributed by atoms with van der Waals surface area (Å²) in [6, 6.07) is 9.78. The minimum absolute atomic E-state index is 0.0228. The highest BCUT2D eigenvalue weighted by Gasteiger charge is 2.63. The van der Waals surface area contributed by atoms with Crippen LogP contribution in [0.2, 0.25) is 0 Å². The molecule has 41 heavy (non-hydrogen) atoms. The summed E-state index contributed by atoms with van der Waals surface area (Å²) < 4.78 is 0. The number of allylic oxidation sites excluding steroid dienone is 1. The largest absolute Gasteiger partial charge is 0.510 e. The van der Waals surface area contributed by atoms with Gasteiger partial charge in [-0.25, -0.2) is 0 Å². The number of hydrogen-bond acceptors (Lipinski definition) is 9. The molecular formula is C31H31N3O7. The fourth-order valence-electron chi connectivity index (χ4n) is 6.45. The van der Waals surface area contributed by atoms with Crippen molar-refractivity contribution in [1.29, 1.82) is 0 Å². The number of benzene rings is 2. The number of Topliss-reactive ketones (excluding diaryl/α,β-unsaturated/α-hetero) is 2. The van der Waals surface area contributed by atoms with Gasteiger partial charge in [-0.15, -0.1) is 0 Å². The van der Waals surface area contributed by atoms with E-state index in [0.29, 0.717) is 16.8 Å². The molecular weight excluding hydrogens is 526 g/mol. The number of phenols is 1. The Morgan fingerprint density at radius 1 is 1.05 bits per heavy atom. The van der Waals surface area contributed by atoms with Crippen LogP contribution >= 0.6 is 0 Å². The fourth-order valence-corrected chi connectivity index (χ4v) is 6.45. The number of aliphatic hydroxyl groups is 3. The van der Waals surface area contributed by atoms with Gasteiger partial charge in [0.25, 0.3) is 5.91 Å². The van der Waals surface area contributed by atoms with Crippen LogP contribution in [-0.2, 0) is 16.0 Å². The molecule has 3 aliphatic rings. The van der Waals surface area contributed by atoms with Crippen LogP contribution in [0.5, 0.6) is 5.75 Å². The van der Waals surface area contributed by atoms with Crippen molar-refractivity contribution in [2.24, 2.45) is 17.6 Å². The summed E-state index contributed by atoms with van der Waals surface area (Å²) in [6.45, 7) is 0. The summed E-state index contributed by atoms with van der Waals surface area (Å²) in [5.74, 6) is -0.989. The summed E-state index contributed by atoms with van der Waals surface area (Å²) in [7, 11) is 6.77. The maximum Gasteiger partial charge on any atom is 0.255 e. The van der Waals surface area contributed by atoms with Gasteiger partial charge in [-0.2, -0.15) is 0 Å². The molecule has 0 saturated carbocycles. The topological polar surface area (TPSA) is 165 Å². The van der Waals surface area contributed by atoms with Crippen molar-refractivity contribution in [3.63, 3.8) is 0 Å². The molecule has 10 nitrogen and oxygen atoms in total. The van der Waals surface area contributed by atoms with Crippen molar-refractivity contribution in [3.05, 3.63) is 81.3 Å². The minimum atomic E-state index is -2.69. The van der Waals surface area contributed by atoms with E-state index in [1.165, 1.54) is 4.90 Å². The lowest BCUT2D eigenvalue weighted by atomic mass is 9.58. The lowest BCUT2D eigenvalue weighted by Gasteiger charge is -2.50. The highest BCUT2D eigenvalue weighted by Crippen LogP contribution is 2.53. The third-order valence-electron chi connectivity index (χ3n) is 8.30. The summed E-state index contributed by atoms with van der Waals surface area (Å²) >= 11 is 0. The quantitative estimate of drug-likeness (QED) is 0.278. The number of amides is 1. The van der Waals surface area contributed by atoms with Crippen LogP contribution in [0.4, 0.5) is 5.69 Å². The summed E-state index contributed by atoms with van der Waals surface area (Å²) in [6.07, 6.45) is 0.219. The Balaban J connectivity index is 1.72. The SMILES string of the molecule is CN(C)c1cc(C#Cc2ccccc2)c(O)c2c1C[C@H]1C[C@H]3[C@H](N(C)C)C(O)=C(C(N)=O)C(=O)[C@@]3(O)C(O)=C1C2=O. The predicted molar refractivity (Wildman–Crippen MR) is 150 cm³/mol.